The molecule has 2 aliphatic rings. The molecule has 0 aromatic carbocycles. The lowest BCUT2D eigenvalue weighted by molar-refractivity contribution is -0.133. The van der Waals surface area contributed by atoms with Gasteiger partial charge in [0.25, 0.3) is 5.88 Å². The Balaban J connectivity index is 1.47. The average Bonchev–Trinajstić information content (AvgIpc) is 3.18. The molecule has 1 aliphatic carbocycles. The average molecular weight is 468 g/mol. The standard InChI is InChI=1S/C24H25FN4O5/c1-3-33-23(31)16-12-26-20(29-6-4-24(5-7-29)10-14(30)11-24)9-18(16)34-19-8-15-17(25)13-27-21(15)28-22(19)32-2/h8-9,12-13H,3-7,10-11H2,1-2H3,(H,27,28). The molecule has 0 unspecified atom stereocenters. The van der Waals surface area contributed by atoms with Gasteiger partial charge in [-0.15, -0.1) is 0 Å². The van der Waals surface area contributed by atoms with E-state index in [1.165, 1.54) is 25.6 Å². The summed E-state index contributed by atoms with van der Waals surface area (Å²) >= 11 is 0. The van der Waals surface area contributed by atoms with E-state index in [4.69, 9.17) is 14.2 Å². The van der Waals surface area contributed by atoms with Crippen LogP contribution in [0.25, 0.3) is 11.0 Å². The minimum Gasteiger partial charge on any atom is -0.478 e. The largest absolute Gasteiger partial charge is 0.478 e. The molecule has 0 radical (unpaired) electrons. The summed E-state index contributed by atoms with van der Waals surface area (Å²) < 4.78 is 30.7. The molecule has 5 rings (SSSR count). The van der Waals surface area contributed by atoms with E-state index in [1.54, 1.807) is 13.0 Å². The van der Waals surface area contributed by atoms with Gasteiger partial charge in [0, 0.05) is 50.5 Å². The maximum atomic E-state index is 14.2. The number of rotatable bonds is 6. The Kier molecular flexibility index (Phi) is 5.59. The van der Waals surface area contributed by atoms with Crippen LogP contribution in [-0.2, 0) is 9.53 Å². The number of methoxy groups -OCH3 is 1. The molecule has 3 aromatic rings. The second-order valence-corrected chi connectivity index (χ2v) is 8.77. The van der Waals surface area contributed by atoms with Crippen molar-refractivity contribution in [2.45, 2.75) is 32.6 Å². The minimum absolute atomic E-state index is 0.132. The fraction of sp³-hybridized carbons (Fsp3) is 0.417. The fourth-order valence-electron chi connectivity index (χ4n) is 4.71. The fourth-order valence-corrected chi connectivity index (χ4v) is 4.71. The maximum absolute atomic E-state index is 14.2. The first-order valence-corrected chi connectivity index (χ1v) is 11.2. The van der Waals surface area contributed by atoms with Crippen LogP contribution in [0.1, 0.15) is 43.0 Å². The molecule has 34 heavy (non-hydrogen) atoms. The van der Waals surface area contributed by atoms with Crippen molar-refractivity contribution >= 4 is 28.6 Å². The van der Waals surface area contributed by atoms with Gasteiger partial charge in [-0.3, -0.25) is 4.79 Å². The Morgan fingerprint density at radius 2 is 2.00 bits per heavy atom. The van der Waals surface area contributed by atoms with E-state index in [-0.39, 0.29) is 40.4 Å². The van der Waals surface area contributed by atoms with Crippen LogP contribution in [0, 0.1) is 11.2 Å². The van der Waals surface area contributed by atoms with Gasteiger partial charge in [-0.2, -0.15) is 4.98 Å². The molecule has 1 N–H and O–H groups in total. The molecule has 2 fully saturated rings. The number of Topliss-reactive ketones (excluding diaryl/α,β-unsaturated/α-hetero) is 1. The van der Waals surface area contributed by atoms with Crippen LogP contribution < -0.4 is 14.4 Å². The third kappa shape index (κ3) is 3.93. The Labute approximate surface area is 195 Å². The first kappa shape index (κ1) is 22.1. The second-order valence-electron chi connectivity index (χ2n) is 8.77. The van der Waals surface area contributed by atoms with E-state index in [2.05, 4.69) is 19.9 Å². The number of ether oxygens (including phenoxy) is 3. The van der Waals surface area contributed by atoms with Crippen molar-refractivity contribution in [3.8, 4) is 17.4 Å². The lowest BCUT2D eigenvalue weighted by atomic mass is 9.62. The predicted octanol–water partition coefficient (Wildman–Crippen LogP) is 4.02. The van der Waals surface area contributed by atoms with E-state index in [9.17, 15) is 14.0 Å². The summed E-state index contributed by atoms with van der Waals surface area (Å²) in [6, 6.07) is 3.15. The lowest BCUT2D eigenvalue weighted by Crippen LogP contribution is -2.47. The van der Waals surface area contributed by atoms with Gasteiger partial charge in [0.05, 0.1) is 19.1 Å². The van der Waals surface area contributed by atoms with Crippen molar-refractivity contribution in [2.24, 2.45) is 5.41 Å². The van der Waals surface area contributed by atoms with Gasteiger partial charge in [0.1, 0.15) is 34.4 Å². The highest BCUT2D eigenvalue weighted by molar-refractivity contribution is 5.93. The maximum Gasteiger partial charge on any atom is 0.343 e. The summed E-state index contributed by atoms with van der Waals surface area (Å²) in [7, 11) is 1.43. The zero-order chi connectivity index (χ0) is 23.9. The van der Waals surface area contributed by atoms with Crippen molar-refractivity contribution < 1.29 is 28.2 Å². The molecule has 178 valence electrons. The molecule has 1 aliphatic heterocycles. The molecular weight excluding hydrogens is 443 g/mol. The summed E-state index contributed by atoms with van der Waals surface area (Å²) in [5.41, 5.74) is 0.590. The summed E-state index contributed by atoms with van der Waals surface area (Å²) in [5.74, 6) is 0.413. The third-order valence-electron chi connectivity index (χ3n) is 6.60. The quantitative estimate of drug-likeness (QED) is 0.541. The number of hydrogen-bond acceptors (Lipinski definition) is 8. The topological polar surface area (TPSA) is 107 Å². The Morgan fingerprint density at radius 3 is 2.68 bits per heavy atom. The summed E-state index contributed by atoms with van der Waals surface area (Å²) in [4.78, 5) is 37.7. The SMILES string of the molecule is CCOC(=O)c1cnc(N2CCC3(CC2)CC(=O)C3)cc1Oc1cc2c(F)c[nH]c2nc1OC. The number of aromatic amines is 1. The smallest absolute Gasteiger partial charge is 0.343 e. The number of pyridine rings is 2. The van der Waals surface area contributed by atoms with Gasteiger partial charge in [-0.05, 0) is 25.2 Å². The summed E-state index contributed by atoms with van der Waals surface area (Å²) in [6.07, 6.45) is 5.78. The van der Waals surface area contributed by atoms with Crippen molar-refractivity contribution in [3.05, 3.63) is 35.9 Å². The monoisotopic (exact) mass is 468 g/mol. The Morgan fingerprint density at radius 1 is 1.24 bits per heavy atom. The van der Waals surface area contributed by atoms with Gasteiger partial charge in [-0.1, -0.05) is 0 Å². The first-order valence-electron chi connectivity index (χ1n) is 11.2. The van der Waals surface area contributed by atoms with Crippen LogP contribution in [0.4, 0.5) is 10.2 Å². The van der Waals surface area contributed by atoms with Crippen LogP contribution in [-0.4, -0.2) is 53.5 Å². The Bertz CT molecular complexity index is 1260. The highest BCUT2D eigenvalue weighted by atomic mass is 19.1. The predicted molar refractivity (Wildman–Crippen MR) is 121 cm³/mol. The highest BCUT2D eigenvalue weighted by Crippen LogP contribution is 2.47. The van der Waals surface area contributed by atoms with Crippen molar-refractivity contribution in [1.82, 2.24) is 15.0 Å². The van der Waals surface area contributed by atoms with Crippen LogP contribution in [0.15, 0.2) is 24.5 Å². The van der Waals surface area contributed by atoms with Crippen LogP contribution in [0.2, 0.25) is 0 Å². The van der Waals surface area contributed by atoms with Gasteiger partial charge in [0.2, 0.25) is 0 Å². The van der Waals surface area contributed by atoms with Gasteiger partial charge < -0.3 is 24.1 Å². The number of carbonyl (C=O) groups excluding carboxylic acids is 2. The van der Waals surface area contributed by atoms with Crippen LogP contribution >= 0.6 is 0 Å². The molecule has 1 spiro atoms. The highest BCUT2D eigenvalue weighted by Gasteiger charge is 2.45. The Hall–Kier alpha value is -3.69. The number of nitrogens with zero attached hydrogens (tertiary/aromatic N) is 3. The molecule has 0 atom stereocenters. The first-order chi connectivity index (χ1) is 16.4. The molecule has 0 bridgehead atoms. The van der Waals surface area contributed by atoms with Gasteiger partial charge in [-0.25, -0.2) is 14.2 Å². The number of nitrogens with one attached hydrogen (secondary N) is 1. The number of fused-ring (bicyclic) bond motifs is 1. The van der Waals surface area contributed by atoms with Gasteiger partial charge in [0.15, 0.2) is 5.75 Å². The van der Waals surface area contributed by atoms with Crippen LogP contribution in [0.3, 0.4) is 0 Å². The molecule has 3 aromatic heterocycles. The molecule has 10 heteroatoms. The van der Waals surface area contributed by atoms with E-state index in [1.807, 2.05) is 0 Å². The van der Waals surface area contributed by atoms with Gasteiger partial charge >= 0.3 is 5.97 Å². The zero-order valence-electron chi connectivity index (χ0n) is 19.0. The van der Waals surface area contributed by atoms with Crippen molar-refractivity contribution in [2.75, 3.05) is 31.7 Å². The van der Waals surface area contributed by atoms with E-state index in [0.29, 0.717) is 30.1 Å². The number of piperidine rings is 1. The minimum atomic E-state index is -0.581. The van der Waals surface area contributed by atoms with Crippen LogP contribution in [0.5, 0.6) is 17.4 Å². The zero-order valence-corrected chi connectivity index (χ0v) is 19.0. The molecule has 1 saturated heterocycles. The number of H-pyrrole nitrogens is 1. The number of carbonyl (C=O) groups is 2. The second kappa shape index (κ2) is 8.58. The lowest BCUT2D eigenvalue weighted by Gasteiger charge is -2.47. The molecule has 4 heterocycles. The number of anilines is 1. The number of hydrogen-bond donors (Lipinski definition) is 1. The molecule has 1 saturated carbocycles. The molecular formula is C24H25FN4O5. The van der Waals surface area contributed by atoms with E-state index < -0.39 is 11.8 Å². The summed E-state index contributed by atoms with van der Waals surface area (Å²) in [5, 5.41) is 0.235. The molecule has 9 nitrogen and oxygen atoms in total. The molecule has 0 amide bonds. The van der Waals surface area contributed by atoms with Crippen molar-refractivity contribution in [1.29, 1.82) is 0 Å². The number of halogens is 1. The number of ketones is 1. The third-order valence-corrected chi connectivity index (χ3v) is 6.60. The number of aromatic nitrogens is 3. The normalized spacial score (nSPS) is 17.0. The van der Waals surface area contributed by atoms with E-state index in [0.717, 1.165) is 25.9 Å². The van der Waals surface area contributed by atoms with E-state index >= 15 is 0 Å². The van der Waals surface area contributed by atoms with Crippen molar-refractivity contribution in [3.63, 3.8) is 0 Å². The summed E-state index contributed by atoms with van der Waals surface area (Å²) in [6.45, 7) is 3.41. The number of esters is 1.